The third kappa shape index (κ3) is 3.13. The topological polar surface area (TPSA) is 23.6 Å². The van der Waals surface area contributed by atoms with Crippen molar-refractivity contribution in [1.29, 1.82) is 0 Å². The van der Waals surface area contributed by atoms with E-state index in [1.54, 1.807) is 0 Å². The molecule has 0 N–H and O–H groups in total. The molecule has 2 fully saturated rings. The number of benzene rings is 2. The molecule has 26 heavy (non-hydrogen) atoms. The van der Waals surface area contributed by atoms with Gasteiger partial charge in [0, 0.05) is 0 Å². The number of hydrogen-bond donors (Lipinski definition) is 0. The maximum atomic E-state index is 13.7. The van der Waals surface area contributed by atoms with Crippen LogP contribution >= 0.6 is 8.10 Å². The molecule has 0 spiro atoms. The standard InChI is InChI=1S/C22H28N2OP/c1-17(19-11-5-3-6-12-19)23-21-15-9-10-16-22(21)24(26(23)25)18(2)20-13-7-4-8-14-20/h3-8,11-14,17-18,21-22H,9-10,15-16H2,1-2H3/q+1/t17-,18-,21+,22+/m0/s1. The molecule has 1 aliphatic carbocycles. The van der Waals surface area contributed by atoms with Gasteiger partial charge in [0.2, 0.25) is 0 Å². The molecule has 2 aromatic carbocycles. The van der Waals surface area contributed by atoms with Gasteiger partial charge in [-0.3, -0.25) is 0 Å². The van der Waals surface area contributed by atoms with Crippen molar-refractivity contribution in [2.24, 2.45) is 0 Å². The smallest absolute Gasteiger partial charge is 0.0670 e. The fourth-order valence-corrected chi connectivity index (χ4v) is 6.87. The summed E-state index contributed by atoms with van der Waals surface area (Å²) in [5.41, 5.74) is 2.52. The monoisotopic (exact) mass is 367 g/mol. The van der Waals surface area contributed by atoms with Gasteiger partial charge in [0.15, 0.2) is 0 Å². The molecule has 4 atom stereocenters. The number of hydrogen-bond acceptors (Lipinski definition) is 1. The van der Waals surface area contributed by atoms with Crippen molar-refractivity contribution in [3.8, 4) is 0 Å². The SMILES string of the molecule is C[C@@H](c1ccccc1)N1[C@@H]2CCCC[C@H]2N([C@@H](C)c2ccccc2)[P+]1=O. The lowest BCUT2D eigenvalue weighted by atomic mass is 9.88. The van der Waals surface area contributed by atoms with Crippen molar-refractivity contribution in [1.82, 2.24) is 9.34 Å². The molecule has 0 bridgehead atoms. The van der Waals surface area contributed by atoms with Crippen molar-refractivity contribution in [2.45, 2.75) is 63.7 Å². The Morgan fingerprint density at radius 1 is 0.769 bits per heavy atom. The van der Waals surface area contributed by atoms with Crippen molar-refractivity contribution in [3.05, 3.63) is 71.8 Å². The Labute approximate surface area is 157 Å². The molecular formula is C22H28N2OP+. The van der Waals surface area contributed by atoms with E-state index in [-0.39, 0.29) is 12.1 Å². The van der Waals surface area contributed by atoms with E-state index in [0.717, 1.165) is 12.8 Å². The van der Waals surface area contributed by atoms with Crippen LogP contribution in [0.1, 0.15) is 62.7 Å². The second-order valence-corrected chi connectivity index (χ2v) is 9.03. The summed E-state index contributed by atoms with van der Waals surface area (Å²) in [4.78, 5) is 0. The van der Waals surface area contributed by atoms with Gasteiger partial charge >= 0.3 is 8.10 Å². The highest BCUT2D eigenvalue weighted by Crippen LogP contribution is 2.57. The van der Waals surface area contributed by atoms with Crippen molar-refractivity contribution >= 4 is 8.10 Å². The lowest BCUT2D eigenvalue weighted by molar-refractivity contribution is 0.166. The van der Waals surface area contributed by atoms with E-state index in [1.165, 1.54) is 24.0 Å². The maximum Gasteiger partial charge on any atom is 0.539 e. The predicted octanol–water partition coefficient (Wildman–Crippen LogP) is 6.10. The molecule has 3 nitrogen and oxygen atoms in total. The van der Waals surface area contributed by atoms with E-state index >= 15 is 0 Å². The number of fused-ring (bicyclic) bond motifs is 1. The molecule has 2 aliphatic rings. The average Bonchev–Trinajstić information content (AvgIpc) is 3.00. The molecule has 2 aromatic rings. The highest BCUT2D eigenvalue weighted by atomic mass is 31.1. The van der Waals surface area contributed by atoms with Gasteiger partial charge in [-0.1, -0.05) is 82.8 Å². The van der Waals surface area contributed by atoms with Gasteiger partial charge in [0.1, 0.15) is 0 Å². The van der Waals surface area contributed by atoms with Crippen LogP contribution < -0.4 is 0 Å². The van der Waals surface area contributed by atoms with Gasteiger partial charge in [-0.2, -0.15) is 0 Å². The first-order valence-corrected chi connectivity index (χ1v) is 11.0. The Balaban J connectivity index is 1.67. The fraction of sp³-hybridized carbons (Fsp3) is 0.455. The van der Waals surface area contributed by atoms with Crippen LogP contribution in [0.3, 0.4) is 0 Å². The molecule has 4 heteroatoms. The Bertz CT molecular complexity index is 688. The number of rotatable bonds is 4. The van der Waals surface area contributed by atoms with Gasteiger partial charge in [0.25, 0.3) is 0 Å². The van der Waals surface area contributed by atoms with E-state index in [9.17, 15) is 4.57 Å². The van der Waals surface area contributed by atoms with Gasteiger partial charge in [-0.15, -0.1) is 0 Å². The summed E-state index contributed by atoms with van der Waals surface area (Å²) in [7, 11) is -1.55. The zero-order valence-electron chi connectivity index (χ0n) is 15.7. The minimum absolute atomic E-state index is 0.179. The summed E-state index contributed by atoms with van der Waals surface area (Å²) in [5, 5.41) is 0. The van der Waals surface area contributed by atoms with Crippen molar-refractivity contribution in [3.63, 3.8) is 0 Å². The second-order valence-electron chi connectivity index (χ2n) is 7.61. The second kappa shape index (κ2) is 7.60. The summed E-state index contributed by atoms with van der Waals surface area (Å²) in [6.07, 6.45) is 4.80. The van der Waals surface area contributed by atoms with Gasteiger partial charge < -0.3 is 0 Å². The Kier molecular flexibility index (Phi) is 5.22. The van der Waals surface area contributed by atoms with Crippen LogP contribution in [0.2, 0.25) is 0 Å². The molecule has 136 valence electrons. The molecule has 0 unspecified atom stereocenters. The Morgan fingerprint density at radius 3 is 1.54 bits per heavy atom. The zero-order chi connectivity index (χ0) is 18.1. The van der Waals surface area contributed by atoms with Crippen LogP contribution in [0.4, 0.5) is 0 Å². The minimum Gasteiger partial charge on any atom is -0.0670 e. The van der Waals surface area contributed by atoms with Crippen LogP contribution in [0.25, 0.3) is 0 Å². The summed E-state index contributed by atoms with van der Waals surface area (Å²) >= 11 is 0. The van der Waals surface area contributed by atoms with Crippen LogP contribution in [-0.2, 0) is 4.57 Å². The Morgan fingerprint density at radius 2 is 1.15 bits per heavy atom. The summed E-state index contributed by atoms with van der Waals surface area (Å²) in [6.45, 7) is 4.43. The largest absolute Gasteiger partial charge is 0.539 e. The Hall–Kier alpha value is -1.54. The summed E-state index contributed by atoms with van der Waals surface area (Å²) in [6, 6.07) is 22.2. The van der Waals surface area contributed by atoms with E-state index in [0.29, 0.717) is 12.1 Å². The third-order valence-corrected chi connectivity index (χ3v) is 8.20. The lowest BCUT2D eigenvalue weighted by Gasteiger charge is -2.30. The highest BCUT2D eigenvalue weighted by Gasteiger charge is 2.60. The van der Waals surface area contributed by atoms with E-state index in [4.69, 9.17) is 0 Å². The molecule has 0 amide bonds. The summed E-state index contributed by atoms with van der Waals surface area (Å²) in [5.74, 6) is 0. The first kappa shape index (κ1) is 17.9. The number of nitrogens with zero attached hydrogens (tertiary/aromatic N) is 2. The van der Waals surface area contributed by atoms with E-state index in [1.807, 2.05) is 12.1 Å². The van der Waals surface area contributed by atoms with Gasteiger partial charge in [-0.25, -0.2) is 0 Å². The third-order valence-electron chi connectivity index (χ3n) is 6.13. The molecule has 1 saturated carbocycles. The minimum atomic E-state index is -1.55. The van der Waals surface area contributed by atoms with E-state index in [2.05, 4.69) is 71.7 Å². The van der Waals surface area contributed by atoms with Crippen molar-refractivity contribution in [2.75, 3.05) is 0 Å². The average molecular weight is 367 g/mol. The maximum absolute atomic E-state index is 13.7. The van der Waals surface area contributed by atoms with Crippen LogP contribution in [-0.4, -0.2) is 21.4 Å². The molecule has 1 saturated heterocycles. The van der Waals surface area contributed by atoms with Crippen LogP contribution in [0.15, 0.2) is 60.7 Å². The predicted molar refractivity (Wildman–Crippen MR) is 107 cm³/mol. The van der Waals surface area contributed by atoms with Crippen LogP contribution in [0, 0.1) is 0 Å². The van der Waals surface area contributed by atoms with Gasteiger partial charge in [-0.05, 0) is 42.4 Å². The van der Waals surface area contributed by atoms with Gasteiger partial charge in [0.05, 0.1) is 24.2 Å². The summed E-state index contributed by atoms with van der Waals surface area (Å²) < 4.78 is 18.3. The van der Waals surface area contributed by atoms with E-state index < -0.39 is 8.10 Å². The molecule has 1 heterocycles. The quantitative estimate of drug-likeness (QED) is 0.611. The first-order chi connectivity index (χ1) is 12.7. The molecule has 1 aliphatic heterocycles. The molecule has 0 aromatic heterocycles. The highest BCUT2D eigenvalue weighted by molar-refractivity contribution is 7.39. The first-order valence-electron chi connectivity index (χ1n) is 9.82. The zero-order valence-corrected chi connectivity index (χ0v) is 16.6. The molecular weight excluding hydrogens is 339 g/mol. The van der Waals surface area contributed by atoms with Crippen molar-refractivity contribution < 1.29 is 4.57 Å². The van der Waals surface area contributed by atoms with Crippen LogP contribution in [0.5, 0.6) is 0 Å². The molecule has 4 rings (SSSR count). The molecule has 0 radical (unpaired) electrons. The fourth-order valence-electron chi connectivity index (χ4n) is 4.72. The normalized spacial score (nSPS) is 26.5. The lowest BCUT2D eigenvalue weighted by Crippen LogP contribution is -2.41.